The van der Waals surface area contributed by atoms with Crippen LogP contribution in [0.3, 0.4) is 0 Å². The number of fused-ring (bicyclic) bond motifs is 1. The Morgan fingerprint density at radius 1 is 1.12 bits per heavy atom. The summed E-state index contributed by atoms with van der Waals surface area (Å²) in [6.45, 7) is 2.03. The molecule has 0 bridgehead atoms. The topological polar surface area (TPSA) is 108 Å². The van der Waals surface area contributed by atoms with Crippen molar-refractivity contribution in [2.24, 2.45) is 0 Å². The Balaban J connectivity index is 1.69. The Morgan fingerprint density at radius 3 is 2.81 bits per heavy atom. The molecule has 0 unspecified atom stereocenters. The molecule has 0 aliphatic carbocycles. The summed E-state index contributed by atoms with van der Waals surface area (Å²) in [5, 5.41) is 24.3. The number of aromatic nitrogens is 5. The number of aliphatic carboxylic acids is 1. The van der Waals surface area contributed by atoms with Crippen molar-refractivity contribution in [1.82, 2.24) is 25.4 Å². The molecule has 4 aromatic rings. The number of aryl methyl sites for hydroxylation is 1. The second-order valence-electron chi connectivity index (χ2n) is 5.91. The molecule has 2 aromatic carbocycles. The first kappa shape index (κ1) is 16.3. The van der Waals surface area contributed by atoms with E-state index in [1.54, 1.807) is 6.20 Å². The molecule has 0 saturated heterocycles. The van der Waals surface area contributed by atoms with E-state index in [1.807, 2.05) is 25.1 Å². The van der Waals surface area contributed by atoms with Gasteiger partial charge in [0.2, 0.25) is 5.16 Å². The Labute approximate surface area is 152 Å². The largest absolute Gasteiger partial charge is 0.481 e. The van der Waals surface area contributed by atoms with Crippen molar-refractivity contribution in [2.75, 3.05) is 5.75 Å². The lowest BCUT2D eigenvalue weighted by Gasteiger charge is -2.06. The summed E-state index contributed by atoms with van der Waals surface area (Å²) in [5.74, 6) is -0.348. The van der Waals surface area contributed by atoms with Crippen LogP contribution in [0.1, 0.15) is 5.56 Å². The molecule has 0 fully saturated rings. The number of thioether (sulfide) groups is 1. The van der Waals surface area contributed by atoms with Gasteiger partial charge in [0.1, 0.15) is 0 Å². The molecule has 8 heteroatoms. The zero-order chi connectivity index (χ0) is 18.1. The first-order chi connectivity index (χ1) is 12.6. The van der Waals surface area contributed by atoms with Gasteiger partial charge in [-0.1, -0.05) is 30.0 Å². The van der Waals surface area contributed by atoms with Gasteiger partial charge in [-0.2, -0.15) is 5.10 Å². The van der Waals surface area contributed by atoms with Crippen LogP contribution in [0.5, 0.6) is 0 Å². The highest BCUT2D eigenvalue weighted by Crippen LogP contribution is 2.29. The van der Waals surface area contributed by atoms with E-state index >= 15 is 0 Å². The second kappa shape index (κ2) is 6.64. The van der Waals surface area contributed by atoms with Crippen LogP contribution in [0.2, 0.25) is 0 Å². The van der Waals surface area contributed by atoms with E-state index in [9.17, 15) is 4.79 Å². The number of aromatic amines is 2. The summed E-state index contributed by atoms with van der Waals surface area (Å²) in [6, 6.07) is 12.3. The molecular formula is C18H15N5O2S. The summed E-state index contributed by atoms with van der Waals surface area (Å²) in [4.78, 5) is 15.1. The molecule has 0 amide bonds. The van der Waals surface area contributed by atoms with E-state index in [4.69, 9.17) is 5.11 Å². The maximum absolute atomic E-state index is 10.7. The summed E-state index contributed by atoms with van der Waals surface area (Å²) in [7, 11) is 0. The number of hydrogen-bond donors (Lipinski definition) is 3. The van der Waals surface area contributed by atoms with Crippen molar-refractivity contribution in [1.29, 1.82) is 0 Å². The quantitative estimate of drug-likeness (QED) is 0.467. The van der Waals surface area contributed by atoms with Crippen molar-refractivity contribution in [3.8, 4) is 22.5 Å². The number of hydrogen-bond acceptors (Lipinski definition) is 5. The van der Waals surface area contributed by atoms with Crippen LogP contribution in [0.4, 0.5) is 0 Å². The van der Waals surface area contributed by atoms with Gasteiger partial charge in [-0.25, -0.2) is 4.98 Å². The minimum absolute atomic E-state index is 0.0689. The van der Waals surface area contributed by atoms with Crippen molar-refractivity contribution in [3.05, 3.63) is 48.2 Å². The molecule has 2 aromatic heterocycles. The average molecular weight is 365 g/mol. The van der Waals surface area contributed by atoms with Crippen LogP contribution in [0.25, 0.3) is 33.4 Å². The predicted octanol–water partition coefficient (Wildman–Crippen LogP) is 3.50. The number of carbonyl (C=O) groups is 1. The lowest BCUT2D eigenvalue weighted by molar-refractivity contribution is -0.133. The number of nitrogens with one attached hydrogen (secondary N) is 2. The predicted molar refractivity (Wildman–Crippen MR) is 100 cm³/mol. The molecule has 2 heterocycles. The van der Waals surface area contributed by atoms with Gasteiger partial charge in [0.15, 0.2) is 5.82 Å². The maximum atomic E-state index is 10.7. The third-order valence-corrected chi connectivity index (χ3v) is 4.75. The number of benzene rings is 2. The second-order valence-corrected chi connectivity index (χ2v) is 6.85. The van der Waals surface area contributed by atoms with Crippen LogP contribution in [0, 0.1) is 6.92 Å². The molecule has 3 N–H and O–H groups in total. The Morgan fingerprint density at radius 2 is 1.96 bits per heavy atom. The zero-order valence-electron chi connectivity index (χ0n) is 13.9. The summed E-state index contributed by atoms with van der Waals surface area (Å²) in [6.07, 6.45) is 1.80. The van der Waals surface area contributed by atoms with Gasteiger partial charge in [-0.3, -0.25) is 15.0 Å². The SMILES string of the molecule is Cc1cc(-c2ccc3cn[nH]c3c2)cc(-c2nc(SCC(=O)O)n[nH]2)c1. The number of rotatable bonds is 5. The fourth-order valence-corrected chi connectivity index (χ4v) is 3.29. The first-order valence-corrected chi connectivity index (χ1v) is 8.89. The van der Waals surface area contributed by atoms with E-state index in [1.165, 1.54) is 0 Å². The van der Waals surface area contributed by atoms with Crippen LogP contribution < -0.4 is 0 Å². The Kier molecular flexibility index (Phi) is 4.18. The molecule has 0 atom stereocenters. The van der Waals surface area contributed by atoms with Crippen molar-refractivity contribution in [2.45, 2.75) is 12.1 Å². The highest BCUT2D eigenvalue weighted by atomic mass is 32.2. The Bertz CT molecular complexity index is 1100. The summed E-state index contributed by atoms with van der Waals surface area (Å²) in [5.41, 5.74) is 5.12. The normalized spacial score (nSPS) is 11.1. The van der Waals surface area contributed by atoms with Gasteiger partial charge in [0.25, 0.3) is 0 Å². The molecule has 0 radical (unpaired) electrons. The van der Waals surface area contributed by atoms with Crippen LogP contribution >= 0.6 is 11.8 Å². The molecule has 130 valence electrons. The van der Waals surface area contributed by atoms with Gasteiger partial charge < -0.3 is 5.11 Å². The van der Waals surface area contributed by atoms with E-state index in [2.05, 4.69) is 43.6 Å². The van der Waals surface area contributed by atoms with Gasteiger partial charge >= 0.3 is 5.97 Å². The van der Waals surface area contributed by atoms with Gasteiger partial charge in [-0.15, -0.1) is 5.10 Å². The van der Waals surface area contributed by atoms with Crippen molar-refractivity contribution in [3.63, 3.8) is 0 Å². The highest BCUT2D eigenvalue weighted by Gasteiger charge is 2.10. The smallest absolute Gasteiger partial charge is 0.313 e. The maximum Gasteiger partial charge on any atom is 0.313 e. The minimum atomic E-state index is -0.895. The molecule has 7 nitrogen and oxygen atoms in total. The number of carboxylic acid groups (broad SMARTS) is 1. The lowest BCUT2D eigenvalue weighted by atomic mass is 9.99. The van der Waals surface area contributed by atoms with E-state index in [-0.39, 0.29) is 5.75 Å². The first-order valence-electron chi connectivity index (χ1n) is 7.91. The van der Waals surface area contributed by atoms with Gasteiger partial charge in [0.05, 0.1) is 17.5 Å². The minimum Gasteiger partial charge on any atom is -0.481 e. The third-order valence-electron chi connectivity index (χ3n) is 3.92. The standard InChI is InChI=1S/C18H15N5O2S/c1-10-4-13(11-2-3-12-8-19-21-15(12)7-11)6-14(5-10)17-20-18(23-22-17)26-9-16(24)25/h2-8H,9H2,1H3,(H,19,21)(H,24,25)(H,20,22,23). The zero-order valence-corrected chi connectivity index (χ0v) is 14.7. The molecular weight excluding hydrogens is 350 g/mol. The van der Waals surface area contributed by atoms with E-state index in [0.29, 0.717) is 11.0 Å². The fourth-order valence-electron chi connectivity index (χ4n) is 2.77. The van der Waals surface area contributed by atoms with E-state index in [0.717, 1.165) is 44.9 Å². The lowest BCUT2D eigenvalue weighted by Crippen LogP contribution is -1.97. The highest BCUT2D eigenvalue weighted by molar-refractivity contribution is 7.99. The van der Waals surface area contributed by atoms with Gasteiger partial charge in [0, 0.05) is 10.9 Å². The molecule has 4 rings (SSSR count). The van der Waals surface area contributed by atoms with Crippen molar-refractivity contribution >= 4 is 28.6 Å². The van der Waals surface area contributed by atoms with E-state index < -0.39 is 5.97 Å². The molecule has 0 aliphatic rings. The fraction of sp³-hybridized carbons (Fsp3) is 0.111. The summed E-state index contributed by atoms with van der Waals surface area (Å²) < 4.78 is 0. The molecule has 26 heavy (non-hydrogen) atoms. The number of carboxylic acids is 1. The van der Waals surface area contributed by atoms with Crippen molar-refractivity contribution < 1.29 is 9.90 Å². The Hall–Kier alpha value is -3.13. The molecule has 0 spiro atoms. The number of nitrogens with zero attached hydrogens (tertiary/aromatic N) is 3. The van der Waals surface area contributed by atoms with Crippen LogP contribution in [0.15, 0.2) is 47.8 Å². The van der Waals surface area contributed by atoms with Crippen LogP contribution in [-0.2, 0) is 4.79 Å². The molecule has 0 saturated carbocycles. The third kappa shape index (κ3) is 3.31. The average Bonchev–Trinajstić information content (AvgIpc) is 3.28. The van der Waals surface area contributed by atoms with Gasteiger partial charge in [-0.05, 0) is 41.8 Å². The summed E-state index contributed by atoms with van der Waals surface area (Å²) >= 11 is 1.09. The monoisotopic (exact) mass is 365 g/mol. The van der Waals surface area contributed by atoms with Crippen LogP contribution in [-0.4, -0.2) is 42.2 Å². The number of H-pyrrole nitrogens is 2. The molecule has 0 aliphatic heterocycles.